The third-order valence-electron chi connectivity index (χ3n) is 0.341. The molecule has 0 rings (SSSR count). The number of aliphatic hydroxyl groups excluding tert-OH is 1. The molecule has 9 heavy (non-hydrogen) atoms. The Kier molecular flexibility index (Phi) is 30.2. The second-order valence-corrected chi connectivity index (χ2v) is 0.995. The van der Waals surface area contributed by atoms with Gasteiger partial charge in [0.05, 0.1) is 12.1 Å². The number of aliphatic carboxylic acids is 1. The van der Waals surface area contributed by atoms with Crippen molar-refractivity contribution in [2.45, 2.75) is 13.0 Å². The van der Waals surface area contributed by atoms with E-state index in [1.165, 1.54) is 0 Å². The van der Waals surface area contributed by atoms with Crippen LogP contribution in [-0.4, -0.2) is 22.7 Å². The topological polar surface area (TPSA) is 90.4 Å². The van der Waals surface area contributed by atoms with Crippen LogP contribution in [0.15, 0.2) is 0 Å². The number of carboxylic acids is 1. The first kappa shape index (κ1) is 22.4. The molecule has 0 saturated heterocycles. The molecule has 1 atom stereocenters. The summed E-state index contributed by atoms with van der Waals surface area (Å²) >= 11 is 0. The smallest absolute Gasteiger partial charge is 0.870 e. The molecule has 0 aromatic carbocycles. The van der Waals surface area contributed by atoms with Crippen molar-refractivity contribution in [3.8, 4) is 0 Å². The van der Waals surface area contributed by atoms with Crippen LogP contribution in [0.25, 0.3) is 0 Å². The van der Waals surface area contributed by atoms with Gasteiger partial charge in [-0.3, -0.25) is 0 Å². The first-order valence-electron chi connectivity index (χ1n) is 1.53. The zero-order valence-corrected chi connectivity index (χ0v) is 9.79. The van der Waals surface area contributed by atoms with Crippen molar-refractivity contribution in [2.24, 2.45) is 0 Å². The normalized spacial score (nSPS) is 9.11. The van der Waals surface area contributed by atoms with Gasteiger partial charge >= 0.3 is 59.1 Å². The number of carboxylic acid groups (broad SMARTS) is 1. The van der Waals surface area contributed by atoms with Crippen LogP contribution in [0, 0.1) is 0 Å². The molecule has 6 heteroatoms. The van der Waals surface area contributed by atoms with E-state index in [9.17, 15) is 9.90 Å². The number of carbonyl (C=O) groups is 1. The maximum Gasteiger partial charge on any atom is 1.00 e. The minimum Gasteiger partial charge on any atom is -0.870 e. The predicted octanol–water partition coefficient (Wildman–Crippen LogP) is -8.05. The molecule has 0 fully saturated rings. The molecule has 44 valence electrons. The van der Waals surface area contributed by atoms with Crippen LogP contribution >= 0.6 is 0 Å². The zero-order valence-electron chi connectivity index (χ0n) is 5.79. The Balaban J connectivity index is -0.0000000417. The van der Waals surface area contributed by atoms with Gasteiger partial charge in [0.15, 0.2) is 0 Å². The van der Waals surface area contributed by atoms with E-state index in [0.717, 1.165) is 6.92 Å². The van der Waals surface area contributed by atoms with Crippen molar-refractivity contribution in [1.29, 1.82) is 0 Å². The van der Waals surface area contributed by atoms with Gasteiger partial charge in [0.25, 0.3) is 0 Å². The number of hydrogen-bond donors (Lipinski definition) is 1. The van der Waals surface area contributed by atoms with Gasteiger partial charge in [-0.15, -0.1) is 0 Å². The molecule has 0 saturated carbocycles. The van der Waals surface area contributed by atoms with Gasteiger partial charge in [0, 0.05) is 0 Å². The fourth-order valence-corrected chi connectivity index (χ4v) is 0. The van der Waals surface area contributed by atoms with E-state index in [1.54, 1.807) is 0 Å². The number of aliphatic hydroxyl groups is 1. The SMILES string of the molecule is CC(O)C(=O)[O-].[Na+].[Na+].[OH-]. The fourth-order valence-electron chi connectivity index (χ4n) is 0. The summed E-state index contributed by atoms with van der Waals surface area (Å²) in [6.07, 6.45) is -1.34. The number of hydrogen-bond acceptors (Lipinski definition) is 4. The molecule has 4 nitrogen and oxygen atoms in total. The van der Waals surface area contributed by atoms with Crippen LogP contribution in [0.2, 0.25) is 0 Å². The standard InChI is InChI=1S/C3H6O3.2Na.H2O/c1-2(4)3(5)6;;;/h2,4H,1H3,(H,5,6);;;1H2/q;2*+1;/p-2. The molecule has 0 radical (unpaired) electrons. The molecule has 2 N–H and O–H groups in total. The van der Waals surface area contributed by atoms with Gasteiger partial charge in [-0.1, -0.05) is 0 Å². The van der Waals surface area contributed by atoms with Crippen molar-refractivity contribution < 1.29 is 79.6 Å². The van der Waals surface area contributed by atoms with Gasteiger partial charge in [-0.25, -0.2) is 0 Å². The van der Waals surface area contributed by atoms with Gasteiger partial charge in [-0.2, -0.15) is 0 Å². The van der Waals surface area contributed by atoms with E-state index in [1.807, 2.05) is 0 Å². The van der Waals surface area contributed by atoms with E-state index in [2.05, 4.69) is 0 Å². The van der Waals surface area contributed by atoms with E-state index < -0.39 is 12.1 Å². The minimum absolute atomic E-state index is 0. The largest absolute Gasteiger partial charge is 1.00 e. The Morgan fingerprint density at radius 1 is 1.56 bits per heavy atom. The zero-order chi connectivity index (χ0) is 5.15. The molecule has 0 aromatic heterocycles. The molecule has 0 amide bonds. The second-order valence-electron chi connectivity index (χ2n) is 0.995. The molecule has 0 heterocycles. The van der Waals surface area contributed by atoms with Gasteiger partial charge in [0.1, 0.15) is 0 Å². The third-order valence-corrected chi connectivity index (χ3v) is 0.341. The second kappa shape index (κ2) is 12.1. The summed E-state index contributed by atoms with van der Waals surface area (Å²) in [5.74, 6) is -1.44. The molecule has 0 aliphatic carbocycles. The first-order valence-corrected chi connectivity index (χ1v) is 1.53. The van der Waals surface area contributed by atoms with Crippen molar-refractivity contribution in [3.63, 3.8) is 0 Å². The average Bonchev–Trinajstić information content (AvgIpc) is 1.36. The molecule has 1 unspecified atom stereocenters. The molecule has 0 aliphatic heterocycles. The van der Waals surface area contributed by atoms with Crippen LogP contribution < -0.4 is 64.2 Å². The molecule has 0 aliphatic rings. The minimum atomic E-state index is -1.44. The summed E-state index contributed by atoms with van der Waals surface area (Å²) in [6.45, 7) is 1.13. The van der Waals surface area contributed by atoms with Crippen LogP contribution in [0.1, 0.15) is 6.92 Å². The van der Waals surface area contributed by atoms with E-state index in [4.69, 9.17) is 5.11 Å². The number of carbonyl (C=O) groups excluding carboxylic acids is 1. The van der Waals surface area contributed by atoms with Crippen molar-refractivity contribution in [2.75, 3.05) is 0 Å². The molecule has 0 bridgehead atoms. The fraction of sp³-hybridized carbons (Fsp3) is 0.667. The summed E-state index contributed by atoms with van der Waals surface area (Å²) in [5, 5.41) is 17.3. The van der Waals surface area contributed by atoms with Crippen LogP contribution in [0.3, 0.4) is 0 Å². The van der Waals surface area contributed by atoms with E-state index >= 15 is 0 Å². The Morgan fingerprint density at radius 3 is 1.67 bits per heavy atom. The maximum absolute atomic E-state index is 9.34. The first-order chi connectivity index (χ1) is 2.64. The maximum atomic E-state index is 9.34. The van der Waals surface area contributed by atoms with Gasteiger partial charge in [-0.05, 0) is 6.92 Å². The van der Waals surface area contributed by atoms with Crippen LogP contribution in [0.4, 0.5) is 0 Å². The Labute approximate surface area is 97.5 Å². The number of rotatable bonds is 1. The summed E-state index contributed by atoms with van der Waals surface area (Å²) in [7, 11) is 0. The van der Waals surface area contributed by atoms with Crippen molar-refractivity contribution >= 4 is 5.97 Å². The van der Waals surface area contributed by atoms with Gasteiger partial charge < -0.3 is 20.5 Å². The summed E-state index contributed by atoms with van der Waals surface area (Å²) in [6, 6.07) is 0. The summed E-state index contributed by atoms with van der Waals surface area (Å²) in [4.78, 5) is 9.34. The monoisotopic (exact) mass is 152 g/mol. The molecule has 0 spiro atoms. The Morgan fingerprint density at radius 2 is 1.67 bits per heavy atom. The van der Waals surface area contributed by atoms with Crippen molar-refractivity contribution in [3.05, 3.63) is 0 Å². The van der Waals surface area contributed by atoms with E-state index in [-0.39, 0.29) is 64.6 Å². The quantitative estimate of drug-likeness (QED) is 0.378. The molecule has 0 aromatic rings. The van der Waals surface area contributed by atoms with Crippen LogP contribution in [0.5, 0.6) is 0 Å². The average molecular weight is 152 g/mol. The Hall–Kier alpha value is 1.39. The van der Waals surface area contributed by atoms with E-state index in [0.29, 0.717) is 0 Å². The van der Waals surface area contributed by atoms with Crippen LogP contribution in [-0.2, 0) is 4.79 Å². The van der Waals surface area contributed by atoms with Crippen molar-refractivity contribution in [1.82, 2.24) is 0 Å². The summed E-state index contributed by atoms with van der Waals surface area (Å²) < 4.78 is 0. The Bertz CT molecular complexity index is 64.8. The third kappa shape index (κ3) is 17.7. The molecular formula is C3H6Na2O4. The molecular weight excluding hydrogens is 146 g/mol. The summed E-state index contributed by atoms with van der Waals surface area (Å²) in [5.41, 5.74) is 0. The van der Waals surface area contributed by atoms with Gasteiger partial charge in [0.2, 0.25) is 0 Å². The predicted molar refractivity (Wildman–Crippen MR) is 18.6 cm³/mol.